The van der Waals surface area contributed by atoms with E-state index in [1.54, 1.807) is 6.07 Å². The van der Waals surface area contributed by atoms with Crippen molar-refractivity contribution in [1.29, 1.82) is 0 Å². The lowest BCUT2D eigenvalue weighted by Crippen LogP contribution is -1.84. The Morgan fingerprint density at radius 3 is 2.05 bits per heavy atom. The molecule has 1 N–H and O–H groups in total. The van der Waals surface area contributed by atoms with E-state index in [0.717, 1.165) is 27.5 Å². The van der Waals surface area contributed by atoms with Crippen LogP contribution in [0.5, 0.6) is 0 Å². The first kappa shape index (κ1) is 13.4. The quantitative estimate of drug-likeness (QED) is 0.680. The van der Waals surface area contributed by atoms with E-state index in [4.69, 9.17) is 28.3 Å². The molecule has 0 aliphatic heterocycles. The second-order valence-electron chi connectivity index (χ2n) is 4.71. The molecule has 0 unspecified atom stereocenters. The molecule has 1 nitrogen and oxygen atoms in total. The highest BCUT2D eigenvalue weighted by molar-refractivity contribution is 6.35. The lowest BCUT2D eigenvalue weighted by molar-refractivity contribution is 0.282. The molecule has 3 heteroatoms. The minimum absolute atomic E-state index is 0.0571. The van der Waals surface area contributed by atoms with Crippen LogP contribution in [0.2, 0.25) is 10.0 Å². The Morgan fingerprint density at radius 1 is 0.700 bits per heavy atom. The maximum Gasteiger partial charge on any atom is 0.0682 e. The lowest BCUT2D eigenvalue weighted by atomic mass is 10.00. The van der Waals surface area contributed by atoms with Crippen molar-refractivity contribution < 1.29 is 5.11 Å². The van der Waals surface area contributed by atoms with Gasteiger partial charge in [0.25, 0.3) is 0 Å². The molecule has 3 aromatic rings. The summed E-state index contributed by atoms with van der Waals surface area (Å²) in [4.78, 5) is 0. The van der Waals surface area contributed by atoms with Crippen LogP contribution in [0.25, 0.3) is 21.9 Å². The van der Waals surface area contributed by atoms with Crippen molar-refractivity contribution in [3.05, 3.63) is 70.2 Å². The third-order valence-electron chi connectivity index (χ3n) is 3.28. The third kappa shape index (κ3) is 2.66. The smallest absolute Gasteiger partial charge is 0.0682 e. The van der Waals surface area contributed by atoms with E-state index >= 15 is 0 Å². The molecule has 0 saturated heterocycles. The summed E-state index contributed by atoms with van der Waals surface area (Å²) in [7, 11) is 0. The van der Waals surface area contributed by atoms with E-state index in [0.29, 0.717) is 10.0 Å². The van der Waals surface area contributed by atoms with Crippen molar-refractivity contribution in [3.8, 4) is 11.1 Å². The molecule has 0 saturated carbocycles. The fourth-order valence-electron chi connectivity index (χ4n) is 2.29. The van der Waals surface area contributed by atoms with Crippen molar-refractivity contribution in [2.45, 2.75) is 6.61 Å². The highest BCUT2D eigenvalue weighted by atomic mass is 35.5. The standard InChI is InChI=1S/C17H12Cl2O/c18-16-7-15(8-17(19)9-16)14-4-3-12-5-11(10-20)1-2-13(12)6-14/h1-9,20H,10H2. The zero-order valence-electron chi connectivity index (χ0n) is 10.6. The number of rotatable bonds is 2. The van der Waals surface area contributed by atoms with Crippen LogP contribution in [0.4, 0.5) is 0 Å². The number of aliphatic hydroxyl groups is 1. The first-order valence-electron chi connectivity index (χ1n) is 6.26. The zero-order valence-corrected chi connectivity index (χ0v) is 12.1. The molecule has 0 atom stereocenters. The predicted molar refractivity (Wildman–Crippen MR) is 85.3 cm³/mol. The highest BCUT2D eigenvalue weighted by Gasteiger charge is 2.03. The zero-order chi connectivity index (χ0) is 14.1. The Kier molecular flexibility index (Phi) is 3.66. The van der Waals surface area contributed by atoms with Gasteiger partial charge in [-0.1, -0.05) is 47.5 Å². The minimum Gasteiger partial charge on any atom is -0.392 e. The van der Waals surface area contributed by atoms with Crippen molar-refractivity contribution in [3.63, 3.8) is 0 Å². The number of benzene rings is 3. The Hall–Kier alpha value is -1.54. The number of hydrogen-bond acceptors (Lipinski definition) is 1. The normalized spacial score (nSPS) is 10.9. The summed E-state index contributed by atoms with van der Waals surface area (Å²) in [5.41, 5.74) is 2.98. The summed E-state index contributed by atoms with van der Waals surface area (Å²) in [6, 6.07) is 17.6. The van der Waals surface area contributed by atoms with E-state index in [-0.39, 0.29) is 6.61 Å². The molecule has 3 aromatic carbocycles. The summed E-state index contributed by atoms with van der Waals surface area (Å²) in [6.07, 6.45) is 0. The maximum absolute atomic E-state index is 9.16. The molecule has 0 amide bonds. The topological polar surface area (TPSA) is 20.2 Å². The second kappa shape index (κ2) is 5.45. The molecule has 0 heterocycles. The van der Waals surface area contributed by atoms with Gasteiger partial charge in [-0.05, 0) is 57.8 Å². The van der Waals surface area contributed by atoms with Gasteiger partial charge in [0.15, 0.2) is 0 Å². The molecule has 3 rings (SSSR count). The minimum atomic E-state index is 0.0571. The second-order valence-corrected chi connectivity index (χ2v) is 5.59. The molecule has 0 aromatic heterocycles. The van der Waals surface area contributed by atoms with Gasteiger partial charge >= 0.3 is 0 Å². The first-order valence-corrected chi connectivity index (χ1v) is 7.01. The number of hydrogen-bond donors (Lipinski definition) is 1. The molecular formula is C17H12Cl2O. The summed E-state index contributed by atoms with van der Waals surface area (Å²) >= 11 is 12.1. The largest absolute Gasteiger partial charge is 0.392 e. The monoisotopic (exact) mass is 302 g/mol. The van der Waals surface area contributed by atoms with Gasteiger partial charge in [-0.15, -0.1) is 0 Å². The Morgan fingerprint density at radius 2 is 1.35 bits per heavy atom. The number of halogens is 2. The molecule has 0 fully saturated rings. The van der Waals surface area contributed by atoms with Gasteiger partial charge in [-0.2, -0.15) is 0 Å². The average Bonchev–Trinajstić information content (AvgIpc) is 2.45. The summed E-state index contributed by atoms with van der Waals surface area (Å²) in [6.45, 7) is 0.0571. The van der Waals surface area contributed by atoms with Gasteiger partial charge in [0.2, 0.25) is 0 Å². The molecular weight excluding hydrogens is 291 g/mol. The Balaban J connectivity index is 2.12. The molecule has 20 heavy (non-hydrogen) atoms. The van der Waals surface area contributed by atoms with Crippen LogP contribution in [0.3, 0.4) is 0 Å². The molecule has 0 radical (unpaired) electrons. The molecule has 0 spiro atoms. The first-order chi connectivity index (χ1) is 9.65. The van der Waals surface area contributed by atoms with E-state index in [2.05, 4.69) is 6.07 Å². The SMILES string of the molecule is OCc1ccc2cc(-c3cc(Cl)cc(Cl)c3)ccc2c1. The van der Waals surface area contributed by atoms with Crippen LogP contribution in [-0.4, -0.2) is 5.11 Å². The predicted octanol–water partition coefficient (Wildman–Crippen LogP) is 5.31. The van der Waals surface area contributed by atoms with Crippen LogP contribution in [0.15, 0.2) is 54.6 Å². The highest BCUT2D eigenvalue weighted by Crippen LogP contribution is 2.29. The molecule has 0 aliphatic rings. The van der Waals surface area contributed by atoms with Crippen LogP contribution in [-0.2, 0) is 6.61 Å². The van der Waals surface area contributed by atoms with Crippen molar-refractivity contribution in [2.75, 3.05) is 0 Å². The van der Waals surface area contributed by atoms with Crippen molar-refractivity contribution in [2.24, 2.45) is 0 Å². The van der Waals surface area contributed by atoms with Crippen LogP contribution in [0, 0.1) is 0 Å². The van der Waals surface area contributed by atoms with Gasteiger partial charge in [0, 0.05) is 10.0 Å². The van der Waals surface area contributed by atoms with E-state index in [1.165, 1.54) is 0 Å². The van der Waals surface area contributed by atoms with Crippen LogP contribution in [0.1, 0.15) is 5.56 Å². The van der Waals surface area contributed by atoms with Gasteiger partial charge in [0.1, 0.15) is 0 Å². The van der Waals surface area contributed by atoms with Gasteiger partial charge in [-0.3, -0.25) is 0 Å². The van der Waals surface area contributed by atoms with E-state index in [1.807, 2.05) is 42.5 Å². The van der Waals surface area contributed by atoms with Crippen LogP contribution < -0.4 is 0 Å². The van der Waals surface area contributed by atoms with E-state index in [9.17, 15) is 0 Å². The molecule has 0 aliphatic carbocycles. The summed E-state index contributed by atoms with van der Waals surface area (Å²) in [5.74, 6) is 0. The van der Waals surface area contributed by atoms with Crippen molar-refractivity contribution in [1.82, 2.24) is 0 Å². The van der Waals surface area contributed by atoms with Crippen molar-refractivity contribution >= 4 is 34.0 Å². The molecule has 100 valence electrons. The molecule has 0 bridgehead atoms. The lowest BCUT2D eigenvalue weighted by Gasteiger charge is -2.07. The van der Waals surface area contributed by atoms with Gasteiger partial charge in [0.05, 0.1) is 6.61 Å². The number of aliphatic hydroxyl groups excluding tert-OH is 1. The van der Waals surface area contributed by atoms with Crippen LogP contribution >= 0.6 is 23.2 Å². The maximum atomic E-state index is 9.16. The summed E-state index contributed by atoms with van der Waals surface area (Å²) in [5, 5.41) is 12.6. The third-order valence-corrected chi connectivity index (χ3v) is 3.72. The Labute approximate surface area is 127 Å². The van der Waals surface area contributed by atoms with E-state index < -0.39 is 0 Å². The summed E-state index contributed by atoms with van der Waals surface area (Å²) < 4.78 is 0. The average molecular weight is 303 g/mol. The van der Waals surface area contributed by atoms with Gasteiger partial charge in [-0.25, -0.2) is 0 Å². The fraction of sp³-hybridized carbons (Fsp3) is 0.0588. The fourth-order valence-corrected chi connectivity index (χ4v) is 2.82. The number of fused-ring (bicyclic) bond motifs is 1. The Bertz CT molecular complexity index is 761. The van der Waals surface area contributed by atoms with Gasteiger partial charge < -0.3 is 5.11 Å².